The zero-order valence-electron chi connectivity index (χ0n) is 16.3. The Bertz CT molecular complexity index is 846. The van der Waals surface area contributed by atoms with Gasteiger partial charge >= 0.3 is 5.97 Å². The second-order valence-electron chi connectivity index (χ2n) is 7.68. The minimum atomic E-state index is -0.225. The number of benzene rings is 1. The fourth-order valence-electron chi connectivity index (χ4n) is 4.32. The average molecular weight is 381 g/mol. The van der Waals surface area contributed by atoms with Crippen LogP contribution in [0.3, 0.4) is 0 Å². The molecule has 0 N–H and O–H groups in total. The third kappa shape index (κ3) is 3.81. The maximum atomic E-state index is 13.0. The minimum absolute atomic E-state index is 0.0767. The van der Waals surface area contributed by atoms with Crippen LogP contribution >= 0.6 is 0 Å². The number of hydrogen-bond acceptors (Lipinski definition) is 4. The van der Waals surface area contributed by atoms with E-state index >= 15 is 0 Å². The summed E-state index contributed by atoms with van der Waals surface area (Å²) in [6, 6.07) is 10.5. The van der Waals surface area contributed by atoms with Crippen LogP contribution in [0.1, 0.15) is 54.0 Å². The summed E-state index contributed by atoms with van der Waals surface area (Å²) in [5, 5.41) is 0. The maximum Gasteiger partial charge on any atom is 0.310 e. The lowest BCUT2D eigenvalue weighted by Crippen LogP contribution is -2.43. The number of carbonyl (C=O) groups excluding carboxylic acids is 2. The van der Waals surface area contributed by atoms with E-state index in [0.29, 0.717) is 31.3 Å². The van der Waals surface area contributed by atoms with Gasteiger partial charge in [-0.15, -0.1) is 0 Å². The molecule has 0 aliphatic carbocycles. The van der Waals surface area contributed by atoms with E-state index in [2.05, 4.69) is 33.8 Å². The van der Waals surface area contributed by atoms with Gasteiger partial charge in [-0.05, 0) is 31.7 Å². The number of carbonyl (C=O) groups is 2. The van der Waals surface area contributed by atoms with Crippen molar-refractivity contribution < 1.29 is 14.3 Å². The van der Waals surface area contributed by atoms with Crippen molar-refractivity contribution in [3.05, 3.63) is 53.6 Å². The maximum absolute atomic E-state index is 13.0. The number of nitrogens with zero attached hydrogens (tertiary/aromatic N) is 3. The van der Waals surface area contributed by atoms with Crippen LogP contribution in [0, 0.1) is 5.92 Å². The second kappa shape index (κ2) is 8.17. The molecule has 2 unspecified atom stereocenters. The van der Waals surface area contributed by atoms with Gasteiger partial charge in [-0.3, -0.25) is 9.59 Å². The van der Waals surface area contributed by atoms with Crippen molar-refractivity contribution in [1.29, 1.82) is 0 Å². The number of fused-ring (bicyclic) bond motifs is 1. The van der Waals surface area contributed by atoms with Gasteiger partial charge in [0, 0.05) is 38.2 Å². The molecule has 6 heteroatoms. The third-order valence-electron chi connectivity index (χ3n) is 5.81. The number of ether oxygens (including phenoxy) is 1. The van der Waals surface area contributed by atoms with Crippen molar-refractivity contribution in [3.63, 3.8) is 0 Å². The molecule has 1 saturated heterocycles. The zero-order chi connectivity index (χ0) is 19.5. The number of rotatable bonds is 4. The van der Waals surface area contributed by atoms with Crippen LogP contribution in [-0.2, 0) is 22.5 Å². The summed E-state index contributed by atoms with van der Waals surface area (Å²) in [4.78, 5) is 31.4. The Labute approximate surface area is 165 Å². The van der Waals surface area contributed by atoms with Gasteiger partial charge in [0.25, 0.3) is 5.91 Å². The van der Waals surface area contributed by atoms with Crippen molar-refractivity contribution in [3.8, 4) is 0 Å². The Morgan fingerprint density at radius 1 is 1.18 bits per heavy atom. The Balaban J connectivity index is 1.45. The molecule has 1 fully saturated rings. The second-order valence-corrected chi connectivity index (χ2v) is 7.68. The molecule has 1 aromatic heterocycles. The Hall–Kier alpha value is -2.63. The summed E-state index contributed by atoms with van der Waals surface area (Å²) >= 11 is 0. The smallest absolute Gasteiger partial charge is 0.310 e. The molecule has 2 aromatic rings. The molecule has 148 valence electrons. The van der Waals surface area contributed by atoms with Crippen LogP contribution in [-0.4, -0.2) is 46.0 Å². The molecular weight excluding hydrogens is 354 g/mol. The molecule has 2 aliphatic rings. The Kier molecular flexibility index (Phi) is 5.46. The van der Waals surface area contributed by atoms with E-state index in [0.717, 1.165) is 38.1 Å². The quantitative estimate of drug-likeness (QED) is 0.764. The number of piperidine rings is 1. The number of hydrogen-bond donors (Lipinski definition) is 0. The minimum Gasteiger partial charge on any atom is -0.466 e. The Morgan fingerprint density at radius 2 is 2.00 bits per heavy atom. The fraction of sp³-hybridized carbons (Fsp3) is 0.500. The van der Waals surface area contributed by atoms with Crippen molar-refractivity contribution in [2.24, 2.45) is 5.92 Å². The van der Waals surface area contributed by atoms with E-state index in [1.165, 1.54) is 5.56 Å². The third-order valence-corrected chi connectivity index (χ3v) is 5.81. The molecule has 0 bridgehead atoms. The largest absolute Gasteiger partial charge is 0.466 e. The number of imidazole rings is 1. The summed E-state index contributed by atoms with van der Waals surface area (Å²) in [6.45, 7) is 4.13. The summed E-state index contributed by atoms with van der Waals surface area (Å²) < 4.78 is 7.26. The Morgan fingerprint density at radius 3 is 2.79 bits per heavy atom. The summed E-state index contributed by atoms with van der Waals surface area (Å²) in [6.07, 6.45) is 5.41. The molecule has 2 atom stereocenters. The van der Waals surface area contributed by atoms with Crippen LogP contribution in [0.2, 0.25) is 0 Å². The molecule has 4 rings (SSSR count). The highest BCUT2D eigenvalue weighted by Gasteiger charge is 2.31. The zero-order valence-corrected chi connectivity index (χ0v) is 16.3. The molecule has 0 saturated carbocycles. The van der Waals surface area contributed by atoms with Gasteiger partial charge in [0.1, 0.15) is 11.5 Å². The number of aromatic nitrogens is 2. The first-order valence-electron chi connectivity index (χ1n) is 10.2. The summed E-state index contributed by atoms with van der Waals surface area (Å²) in [7, 11) is 0. The monoisotopic (exact) mass is 381 g/mol. The van der Waals surface area contributed by atoms with Crippen LogP contribution in [0.25, 0.3) is 0 Å². The lowest BCUT2D eigenvalue weighted by atomic mass is 9.92. The van der Waals surface area contributed by atoms with E-state index in [1.807, 2.05) is 19.2 Å². The topological polar surface area (TPSA) is 64.4 Å². The highest BCUT2D eigenvalue weighted by atomic mass is 16.5. The molecule has 6 nitrogen and oxygen atoms in total. The molecule has 1 amide bonds. The number of esters is 1. The van der Waals surface area contributed by atoms with Crippen LogP contribution in [0.5, 0.6) is 0 Å². The first-order chi connectivity index (χ1) is 13.7. The molecule has 2 aliphatic heterocycles. The van der Waals surface area contributed by atoms with Crippen molar-refractivity contribution in [2.45, 2.75) is 45.1 Å². The average Bonchev–Trinajstić information content (AvgIpc) is 3.17. The van der Waals surface area contributed by atoms with Crippen molar-refractivity contribution >= 4 is 11.9 Å². The van der Waals surface area contributed by atoms with Crippen molar-refractivity contribution in [2.75, 3.05) is 19.7 Å². The predicted octanol–water partition coefficient (Wildman–Crippen LogP) is 3.03. The van der Waals surface area contributed by atoms with Gasteiger partial charge in [0.15, 0.2) is 0 Å². The summed E-state index contributed by atoms with van der Waals surface area (Å²) in [5.41, 5.74) is 1.83. The molecule has 28 heavy (non-hydrogen) atoms. The van der Waals surface area contributed by atoms with Gasteiger partial charge in [0.2, 0.25) is 0 Å². The van der Waals surface area contributed by atoms with Gasteiger partial charge in [0.05, 0.1) is 12.5 Å². The molecular formula is C22H27N3O3. The van der Waals surface area contributed by atoms with Gasteiger partial charge in [-0.25, -0.2) is 4.98 Å². The van der Waals surface area contributed by atoms with E-state index in [9.17, 15) is 9.59 Å². The van der Waals surface area contributed by atoms with E-state index in [1.54, 1.807) is 4.90 Å². The highest BCUT2D eigenvalue weighted by Crippen LogP contribution is 2.29. The van der Waals surface area contributed by atoms with E-state index < -0.39 is 0 Å². The highest BCUT2D eigenvalue weighted by molar-refractivity contribution is 5.92. The predicted molar refractivity (Wildman–Crippen MR) is 105 cm³/mol. The SMILES string of the molecule is CCOC(=O)C1CCCN(C(=O)c2cn3c(n2)CCC(c2ccccc2)C3)C1. The molecule has 0 radical (unpaired) electrons. The first-order valence-corrected chi connectivity index (χ1v) is 10.2. The van der Waals surface area contributed by atoms with Gasteiger partial charge in [-0.1, -0.05) is 30.3 Å². The lowest BCUT2D eigenvalue weighted by Gasteiger charge is -2.31. The van der Waals surface area contributed by atoms with Gasteiger partial charge in [-0.2, -0.15) is 0 Å². The number of aryl methyl sites for hydroxylation is 1. The van der Waals surface area contributed by atoms with Crippen LogP contribution in [0.15, 0.2) is 36.5 Å². The van der Waals surface area contributed by atoms with Crippen LogP contribution in [0.4, 0.5) is 0 Å². The van der Waals surface area contributed by atoms with Gasteiger partial charge < -0.3 is 14.2 Å². The van der Waals surface area contributed by atoms with Crippen LogP contribution < -0.4 is 0 Å². The standard InChI is InChI=1S/C22H27N3O3/c1-2-28-22(27)18-9-6-12-24(14-18)21(26)19-15-25-13-17(10-11-20(25)23-19)16-7-4-3-5-8-16/h3-5,7-8,15,17-18H,2,6,9-14H2,1H3. The molecule has 1 aromatic carbocycles. The fourth-order valence-corrected chi connectivity index (χ4v) is 4.32. The lowest BCUT2D eigenvalue weighted by molar-refractivity contribution is -0.149. The first kappa shape index (κ1) is 18.7. The number of likely N-dealkylation sites (tertiary alicyclic amines) is 1. The van der Waals surface area contributed by atoms with Crippen molar-refractivity contribution in [1.82, 2.24) is 14.5 Å². The molecule has 3 heterocycles. The van der Waals surface area contributed by atoms with E-state index in [4.69, 9.17) is 4.74 Å². The number of amides is 1. The normalized spacial score (nSPS) is 21.8. The summed E-state index contributed by atoms with van der Waals surface area (Å²) in [5.74, 6) is 0.933. The van der Waals surface area contributed by atoms with E-state index in [-0.39, 0.29) is 17.8 Å². The molecule has 0 spiro atoms.